The van der Waals surface area contributed by atoms with Crippen LogP contribution in [-0.2, 0) is 28.2 Å². The van der Waals surface area contributed by atoms with E-state index >= 15 is 0 Å². The minimum Gasteiger partial charge on any atom is -0.462 e. The van der Waals surface area contributed by atoms with Gasteiger partial charge >= 0.3 is 19.8 Å². The maximum absolute atomic E-state index is 12.4. The van der Waals surface area contributed by atoms with Gasteiger partial charge in [0.05, 0.1) is 6.61 Å². The van der Waals surface area contributed by atoms with Crippen molar-refractivity contribution in [3.8, 4) is 0 Å². The Labute approximate surface area is 306 Å². The molecule has 0 aromatic carbocycles. The molecule has 292 valence electrons. The fourth-order valence-corrected chi connectivity index (χ4v) is 5.93. The summed E-state index contributed by atoms with van der Waals surface area (Å²) in [4.78, 5) is 42.8. The Kier molecular flexibility index (Phi) is 35.8. The highest BCUT2D eigenvalue weighted by molar-refractivity contribution is 7.46. The van der Waals surface area contributed by atoms with Gasteiger partial charge in [-0.15, -0.1) is 0 Å². The molecular formula is C41H75O8P. The molecule has 0 aromatic heterocycles. The van der Waals surface area contributed by atoms with E-state index in [0.29, 0.717) is 12.8 Å². The molecular weight excluding hydrogens is 651 g/mol. The first kappa shape index (κ1) is 48.3. The van der Waals surface area contributed by atoms with E-state index in [9.17, 15) is 14.2 Å². The van der Waals surface area contributed by atoms with Crippen LogP contribution in [-0.4, -0.2) is 41.0 Å². The number of hydrogen-bond donors (Lipinski definition) is 2. The van der Waals surface area contributed by atoms with Gasteiger partial charge in [-0.1, -0.05) is 147 Å². The molecule has 0 spiro atoms. The average Bonchev–Trinajstić information content (AvgIpc) is 3.08. The zero-order valence-electron chi connectivity index (χ0n) is 32.0. The summed E-state index contributed by atoms with van der Waals surface area (Å²) in [5.74, 6) is -0.901. The number of ether oxygens (including phenoxy) is 2. The topological polar surface area (TPSA) is 119 Å². The molecule has 0 heterocycles. The number of rotatable bonds is 37. The predicted molar refractivity (Wildman–Crippen MR) is 207 cm³/mol. The monoisotopic (exact) mass is 727 g/mol. The minimum absolute atomic E-state index is 0.202. The molecule has 0 fully saturated rings. The number of esters is 2. The normalized spacial score (nSPS) is 12.8. The standard InChI is InChI=1S/C41H75O8P/c1-3-5-7-9-11-13-15-17-19-20-22-24-26-28-30-32-34-36-41(43)49-39(38-48-50(44,45)46)37-47-40(42)35-33-31-29-27-25-23-21-18-16-14-12-10-8-6-4-2/h11,13,17-19,21,39H,3-10,12,14-16,20,22-38H2,1-2H3,(H2,44,45,46)/b13-11-,19-17-,21-18-/t39-/m1/s1. The van der Waals surface area contributed by atoms with Gasteiger partial charge in [-0.3, -0.25) is 14.1 Å². The van der Waals surface area contributed by atoms with Gasteiger partial charge in [-0.25, -0.2) is 4.57 Å². The number of carbonyl (C=O) groups excluding carboxylic acids is 2. The van der Waals surface area contributed by atoms with Crippen LogP contribution in [0.25, 0.3) is 0 Å². The maximum Gasteiger partial charge on any atom is 0.469 e. The summed E-state index contributed by atoms with van der Waals surface area (Å²) in [5.41, 5.74) is 0. The zero-order valence-corrected chi connectivity index (χ0v) is 32.9. The third kappa shape index (κ3) is 39.1. The molecule has 0 aromatic rings. The van der Waals surface area contributed by atoms with E-state index in [1.807, 2.05) is 0 Å². The summed E-state index contributed by atoms with van der Waals surface area (Å²) in [6.07, 6.45) is 42.9. The van der Waals surface area contributed by atoms with E-state index in [0.717, 1.165) is 64.2 Å². The summed E-state index contributed by atoms with van der Waals surface area (Å²) >= 11 is 0. The Bertz CT molecular complexity index is 910. The lowest BCUT2D eigenvalue weighted by molar-refractivity contribution is -0.161. The summed E-state index contributed by atoms with van der Waals surface area (Å²) in [6.45, 7) is 3.64. The molecule has 0 aliphatic carbocycles. The number of phosphoric ester groups is 1. The second-order valence-corrected chi connectivity index (χ2v) is 14.8. The third-order valence-electron chi connectivity index (χ3n) is 8.63. The summed E-state index contributed by atoms with van der Waals surface area (Å²) in [6, 6.07) is 0. The highest BCUT2D eigenvalue weighted by Crippen LogP contribution is 2.36. The van der Waals surface area contributed by atoms with E-state index in [1.165, 1.54) is 89.9 Å². The molecule has 0 amide bonds. The Morgan fingerprint density at radius 2 is 0.900 bits per heavy atom. The number of allylic oxidation sites excluding steroid dienone is 6. The molecule has 0 rings (SSSR count). The second-order valence-electron chi connectivity index (χ2n) is 13.6. The largest absolute Gasteiger partial charge is 0.469 e. The van der Waals surface area contributed by atoms with Crippen LogP contribution in [0.4, 0.5) is 0 Å². The van der Waals surface area contributed by atoms with E-state index < -0.39 is 32.5 Å². The van der Waals surface area contributed by atoms with Gasteiger partial charge in [0.25, 0.3) is 0 Å². The van der Waals surface area contributed by atoms with Crippen molar-refractivity contribution in [3.63, 3.8) is 0 Å². The van der Waals surface area contributed by atoms with Crippen LogP contribution in [0.2, 0.25) is 0 Å². The molecule has 0 radical (unpaired) electrons. The lowest BCUT2D eigenvalue weighted by Crippen LogP contribution is -2.29. The van der Waals surface area contributed by atoms with Crippen molar-refractivity contribution >= 4 is 19.8 Å². The van der Waals surface area contributed by atoms with Crippen molar-refractivity contribution in [3.05, 3.63) is 36.5 Å². The Balaban J connectivity index is 3.96. The van der Waals surface area contributed by atoms with Gasteiger partial charge in [-0.05, 0) is 70.6 Å². The van der Waals surface area contributed by atoms with E-state index in [1.54, 1.807) is 0 Å². The predicted octanol–water partition coefficient (Wildman–Crippen LogP) is 12.2. The van der Waals surface area contributed by atoms with E-state index in [-0.39, 0.29) is 19.4 Å². The van der Waals surface area contributed by atoms with Crippen molar-refractivity contribution in [1.82, 2.24) is 0 Å². The van der Waals surface area contributed by atoms with Crippen molar-refractivity contribution in [2.75, 3.05) is 13.2 Å². The number of unbranched alkanes of at least 4 members (excludes halogenated alkanes) is 21. The van der Waals surface area contributed by atoms with Crippen LogP contribution in [0, 0.1) is 0 Å². The van der Waals surface area contributed by atoms with Crippen molar-refractivity contribution in [1.29, 1.82) is 0 Å². The molecule has 2 N–H and O–H groups in total. The average molecular weight is 727 g/mol. The van der Waals surface area contributed by atoms with Crippen LogP contribution in [0.5, 0.6) is 0 Å². The van der Waals surface area contributed by atoms with E-state index in [4.69, 9.17) is 19.3 Å². The molecule has 0 aliphatic rings. The third-order valence-corrected chi connectivity index (χ3v) is 9.12. The number of phosphoric acid groups is 1. The maximum atomic E-state index is 12.4. The Hall–Kier alpha value is -1.73. The van der Waals surface area contributed by atoms with Gasteiger partial charge in [0, 0.05) is 12.8 Å². The molecule has 0 saturated carbocycles. The SMILES string of the molecule is CCCCC/C=C\C/C=C\CCCCCCCCCC(=O)O[C@H](COC(=O)CCCCCCC/C=C\CCCCCCCC)COP(=O)(O)O. The van der Waals surface area contributed by atoms with Crippen LogP contribution >= 0.6 is 7.82 Å². The fourth-order valence-electron chi connectivity index (χ4n) is 5.57. The molecule has 0 aliphatic heterocycles. The zero-order chi connectivity index (χ0) is 36.8. The van der Waals surface area contributed by atoms with Gasteiger partial charge in [0.1, 0.15) is 6.61 Å². The first-order valence-electron chi connectivity index (χ1n) is 20.3. The van der Waals surface area contributed by atoms with Crippen LogP contribution < -0.4 is 0 Å². The minimum atomic E-state index is -4.75. The van der Waals surface area contributed by atoms with Gasteiger partial charge < -0.3 is 19.3 Å². The van der Waals surface area contributed by atoms with Gasteiger partial charge in [0.2, 0.25) is 0 Å². The molecule has 1 atom stereocenters. The molecule has 8 nitrogen and oxygen atoms in total. The van der Waals surface area contributed by atoms with Crippen LogP contribution in [0.15, 0.2) is 36.5 Å². The molecule has 9 heteroatoms. The molecule has 0 bridgehead atoms. The van der Waals surface area contributed by atoms with Crippen LogP contribution in [0.1, 0.15) is 194 Å². The van der Waals surface area contributed by atoms with Crippen molar-refractivity contribution in [2.45, 2.75) is 200 Å². The lowest BCUT2D eigenvalue weighted by atomic mass is 10.1. The van der Waals surface area contributed by atoms with Gasteiger partial charge in [-0.2, -0.15) is 0 Å². The summed E-state index contributed by atoms with van der Waals surface area (Å²) in [7, 11) is -4.75. The Morgan fingerprint density at radius 1 is 0.520 bits per heavy atom. The quantitative estimate of drug-likeness (QED) is 0.0281. The molecule has 0 saturated heterocycles. The van der Waals surface area contributed by atoms with E-state index in [2.05, 4.69) is 54.8 Å². The first-order chi connectivity index (χ1) is 24.3. The molecule has 50 heavy (non-hydrogen) atoms. The summed E-state index contributed by atoms with van der Waals surface area (Å²) < 4.78 is 26.3. The van der Waals surface area contributed by atoms with Crippen molar-refractivity contribution < 1.29 is 37.9 Å². The highest BCUT2D eigenvalue weighted by Gasteiger charge is 2.22. The van der Waals surface area contributed by atoms with Crippen molar-refractivity contribution in [2.24, 2.45) is 0 Å². The van der Waals surface area contributed by atoms with Gasteiger partial charge in [0.15, 0.2) is 6.10 Å². The smallest absolute Gasteiger partial charge is 0.462 e. The fraction of sp³-hybridized carbons (Fsp3) is 0.805. The number of hydrogen-bond acceptors (Lipinski definition) is 6. The first-order valence-corrected chi connectivity index (χ1v) is 21.8. The lowest BCUT2D eigenvalue weighted by Gasteiger charge is -2.18. The molecule has 0 unspecified atom stereocenters. The van der Waals surface area contributed by atoms with Crippen LogP contribution in [0.3, 0.4) is 0 Å². The highest BCUT2D eigenvalue weighted by atomic mass is 31.2. The Morgan fingerprint density at radius 3 is 1.38 bits per heavy atom. The summed E-state index contributed by atoms with van der Waals surface area (Å²) in [5, 5.41) is 0. The number of carbonyl (C=O) groups is 2. The second kappa shape index (κ2) is 37.0.